The molecule has 0 amide bonds. The van der Waals surface area contributed by atoms with Gasteiger partial charge in [-0.15, -0.1) is 0 Å². The largest absolute Gasteiger partial charge is 0.382 e. The third-order valence-electron chi connectivity index (χ3n) is 4.34. The molecule has 1 aromatic heterocycles. The van der Waals surface area contributed by atoms with Crippen molar-refractivity contribution in [3.63, 3.8) is 0 Å². The van der Waals surface area contributed by atoms with E-state index in [9.17, 15) is 18.5 Å². The molecule has 0 saturated carbocycles. The van der Waals surface area contributed by atoms with E-state index in [1.807, 2.05) is 13.0 Å². The summed E-state index contributed by atoms with van der Waals surface area (Å²) in [6.45, 7) is 1.83. The van der Waals surface area contributed by atoms with Crippen molar-refractivity contribution in [2.75, 3.05) is 14.1 Å². The van der Waals surface area contributed by atoms with Crippen molar-refractivity contribution in [2.24, 2.45) is 0 Å². The molecule has 0 radical (unpaired) electrons. The number of carbonyl (C=O) groups excluding carboxylic acids is 1. The molecule has 0 fully saturated rings. The molecule has 0 spiro atoms. The fourth-order valence-corrected chi connectivity index (χ4v) is 5.01. The summed E-state index contributed by atoms with van der Waals surface area (Å²) in [7, 11) is -0.885. The highest BCUT2D eigenvalue weighted by atomic mass is 35.5. The Morgan fingerprint density at radius 1 is 1.13 bits per heavy atom. The molecule has 0 aliphatic heterocycles. The second-order valence-corrected chi connectivity index (χ2v) is 9.51. The average Bonchev–Trinajstić information content (AvgIpc) is 3.06. The Morgan fingerprint density at radius 3 is 2.33 bits per heavy atom. The van der Waals surface area contributed by atoms with Crippen LogP contribution in [0.4, 0.5) is 0 Å². The number of rotatable bonds is 5. The van der Waals surface area contributed by atoms with E-state index in [0.29, 0.717) is 5.39 Å². The van der Waals surface area contributed by atoms with Crippen LogP contribution >= 0.6 is 23.2 Å². The predicted octanol–water partition coefficient (Wildman–Crippen LogP) is 4.65. The zero-order chi connectivity index (χ0) is 22.2. The summed E-state index contributed by atoms with van der Waals surface area (Å²) in [5, 5.41) is 10.2. The van der Waals surface area contributed by atoms with Crippen LogP contribution in [0, 0.1) is 18.3 Å². The molecule has 0 atom stereocenters. The Balaban J connectivity index is 2.39. The molecule has 2 aromatic carbocycles. The molecule has 154 valence electrons. The number of allylic oxidation sites excluding steroid dienone is 1. The zero-order valence-electron chi connectivity index (χ0n) is 16.3. The fraction of sp³-hybridized carbons (Fsp3) is 0.143. The quantitative estimate of drug-likeness (QED) is 0.313. The van der Waals surface area contributed by atoms with E-state index in [0.717, 1.165) is 9.54 Å². The summed E-state index contributed by atoms with van der Waals surface area (Å²) >= 11 is 12.4. The lowest BCUT2D eigenvalue weighted by Crippen LogP contribution is -2.20. The highest BCUT2D eigenvalue weighted by Crippen LogP contribution is 2.34. The van der Waals surface area contributed by atoms with Crippen molar-refractivity contribution in [2.45, 2.75) is 11.8 Å². The average molecular weight is 462 g/mol. The molecule has 1 heterocycles. The standard InChI is InChI=1S/C21H17Cl2N3O3S/c1-13-4-6-16(7-5-13)30(28,29)26-19-9-15(22)8-18(23)17(19)10-20(26)21(27)14(11-24)12-25(2)3/h4-10,12H,1-3H3. The normalized spacial score (nSPS) is 12.1. The van der Waals surface area contributed by atoms with Crippen molar-refractivity contribution < 1.29 is 13.2 Å². The number of ketones is 1. The van der Waals surface area contributed by atoms with Gasteiger partial charge in [0, 0.05) is 30.7 Å². The molecule has 30 heavy (non-hydrogen) atoms. The maximum absolute atomic E-state index is 13.5. The predicted molar refractivity (Wildman–Crippen MR) is 117 cm³/mol. The van der Waals surface area contributed by atoms with Crippen LogP contribution in [-0.4, -0.2) is 37.2 Å². The third kappa shape index (κ3) is 3.94. The van der Waals surface area contributed by atoms with Gasteiger partial charge in [-0.1, -0.05) is 40.9 Å². The topological polar surface area (TPSA) is 83.2 Å². The van der Waals surface area contributed by atoms with Gasteiger partial charge in [0.1, 0.15) is 17.3 Å². The van der Waals surface area contributed by atoms with Crippen LogP contribution in [0.2, 0.25) is 10.0 Å². The molecular weight excluding hydrogens is 445 g/mol. The Kier molecular flexibility index (Phi) is 5.95. The number of hydrogen-bond donors (Lipinski definition) is 0. The number of halogens is 2. The number of nitrogens with zero attached hydrogens (tertiary/aromatic N) is 3. The summed E-state index contributed by atoms with van der Waals surface area (Å²) in [6, 6.07) is 12.3. The third-order valence-corrected chi connectivity index (χ3v) is 6.61. The van der Waals surface area contributed by atoms with Crippen molar-refractivity contribution in [3.05, 3.63) is 75.5 Å². The Morgan fingerprint density at radius 2 is 1.77 bits per heavy atom. The van der Waals surface area contributed by atoms with Crippen molar-refractivity contribution >= 4 is 49.9 Å². The van der Waals surface area contributed by atoms with E-state index in [-0.39, 0.29) is 31.7 Å². The highest BCUT2D eigenvalue weighted by Gasteiger charge is 2.29. The van der Waals surface area contributed by atoms with E-state index in [1.165, 1.54) is 41.4 Å². The first kappa shape index (κ1) is 21.9. The van der Waals surface area contributed by atoms with E-state index in [1.54, 1.807) is 26.2 Å². The van der Waals surface area contributed by atoms with Gasteiger partial charge >= 0.3 is 0 Å². The minimum atomic E-state index is -4.19. The van der Waals surface area contributed by atoms with Gasteiger partial charge in [-0.3, -0.25) is 4.79 Å². The summed E-state index contributed by atoms with van der Waals surface area (Å²) in [5.74, 6) is -0.745. The Bertz CT molecular complexity index is 1330. The van der Waals surface area contributed by atoms with E-state index in [4.69, 9.17) is 23.2 Å². The second kappa shape index (κ2) is 8.15. The fourth-order valence-electron chi connectivity index (χ4n) is 2.97. The summed E-state index contributed by atoms with van der Waals surface area (Å²) in [4.78, 5) is 14.7. The molecule has 6 nitrogen and oxygen atoms in total. The molecule has 0 bridgehead atoms. The SMILES string of the molecule is Cc1ccc(S(=O)(=O)n2c(C(=O)C(C#N)=CN(C)C)cc3c(Cl)cc(Cl)cc32)cc1. The van der Waals surface area contributed by atoms with Crippen molar-refractivity contribution in [1.29, 1.82) is 5.26 Å². The lowest BCUT2D eigenvalue weighted by atomic mass is 10.1. The van der Waals surface area contributed by atoms with Gasteiger partial charge in [0.05, 0.1) is 15.4 Å². The number of nitriles is 1. The number of benzene rings is 2. The van der Waals surface area contributed by atoms with E-state index in [2.05, 4.69) is 0 Å². The van der Waals surface area contributed by atoms with Crippen LogP contribution < -0.4 is 0 Å². The van der Waals surface area contributed by atoms with Crippen LogP contribution in [-0.2, 0) is 10.0 Å². The Hall–Kier alpha value is -2.79. The van der Waals surface area contributed by atoms with Gasteiger partial charge in [0.15, 0.2) is 0 Å². The molecule has 3 rings (SSSR count). The van der Waals surface area contributed by atoms with Crippen LogP contribution in [0.15, 0.2) is 59.1 Å². The first-order chi connectivity index (χ1) is 14.1. The van der Waals surface area contributed by atoms with Crippen LogP contribution in [0.3, 0.4) is 0 Å². The number of fused-ring (bicyclic) bond motifs is 1. The van der Waals surface area contributed by atoms with Crippen molar-refractivity contribution in [1.82, 2.24) is 8.87 Å². The first-order valence-corrected chi connectivity index (χ1v) is 10.9. The number of carbonyl (C=O) groups is 1. The van der Waals surface area contributed by atoms with E-state index < -0.39 is 15.8 Å². The maximum atomic E-state index is 13.5. The summed E-state index contributed by atoms with van der Waals surface area (Å²) < 4.78 is 27.9. The second-order valence-electron chi connectivity index (χ2n) is 6.88. The molecular formula is C21H17Cl2N3O3S. The molecule has 0 N–H and O–H groups in total. The van der Waals surface area contributed by atoms with Gasteiger partial charge in [0.25, 0.3) is 10.0 Å². The molecule has 3 aromatic rings. The zero-order valence-corrected chi connectivity index (χ0v) is 18.7. The summed E-state index contributed by atoms with van der Waals surface area (Å²) in [5.41, 5.74) is 0.614. The minimum Gasteiger partial charge on any atom is -0.382 e. The van der Waals surface area contributed by atoms with E-state index >= 15 is 0 Å². The first-order valence-electron chi connectivity index (χ1n) is 8.72. The van der Waals surface area contributed by atoms with Gasteiger partial charge < -0.3 is 4.90 Å². The smallest absolute Gasteiger partial charge is 0.268 e. The molecule has 9 heteroatoms. The van der Waals surface area contributed by atoms with Gasteiger partial charge in [-0.05, 0) is 37.3 Å². The lowest BCUT2D eigenvalue weighted by molar-refractivity contribution is 0.103. The minimum absolute atomic E-state index is 0.00848. The van der Waals surface area contributed by atoms with Crippen LogP contribution in [0.1, 0.15) is 16.1 Å². The number of hydrogen-bond acceptors (Lipinski definition) is 5. The van der Waals surface area contributed by atoms with Crippen LogP contribution in [0.25, 0.3) is 10.9 Å². The molecule has 0 aliphatic carbocycles. The summed E-state index contributed by atoms with van der Waals surface area (Å²) in [6.07, 6.45) is 1.33. The highest BCUT2D eigenvalue weighted by molar-refractivity contribution is 7.90. The Labute approximate surface area is 184 Å². The maximum Gasteiger partial charge on any atom is 0.268 e. The van der Waals surface area contributed by atoms with Gasteiger partial charge in [-0.2, -0.15) is 5.26 Å². The lowest BCUT2D eigenvalue weighted by Gasteiger charge is -2.12. The number of aromatic nitrogens is 1. The molecule has 0 saturated heterocycles. The van der Waals surface area contributed by atoms with Gasteiger partial charge in [0.2, 0.25) is 5.78 Å². The molecule has 0 unspecified atom stereocenters. The monoisotopic (exact) mass is 461 g/mol. The van der Waals surface area contributed by atoms with Crippen LogP contribution in [0.5, 0.6) is 0 Å². The number of Topliss-reactive ketones (excluding diaryl/α,β-unsaturated/α-hetero) is 1. The van der Waals surface area contributed by atoms with Gasteiger partial charge in [-0.25, -0.2) is 12.4 Å². The molecule has 0 aliphatic rings. The van der Waals surface area contributed by atoms with Crippen molar-refractivity contribution in [3.8, 4) is 6.07 Å². The number of aryl methyl sites for hydroxylation is 1.